The highest BCUT2D eigenvalue weighted by Crippen LogP contribution is 2.25. The zero-order chi connectivity index (χ0) is 66.7. The van der Waals surface area contributed by atoms with Gasteiger partial charge in [-0.15, -0.1) is 0 Å². The Kier molecular flexibility index (Phi) is 28.8. The molecule has 6 amide bonds. The number of nitrogens with zero attached hydrogens (tertiary/aromatic N) is 4. The first-order chi connectivity index (χ1) is 40.8. The number of esters is 4. The molecule has 88 heavy (non-hydrogen) atoms. The van der Waals surface area contributed by atoms with Gasteiger partial charge in [-0.05, 0) is 127 Å². The quantitative estimate of drug-likeness (QED) is 0.0684. The molecule has 492 valence electrons. The fraction of sp³-hybridized carbons (Fsp3) is 0.656. The Balaban J connectivity index is 2.20. The van der Waals surface area contributed by atoms with Crippen molar-refractivity contribution in [2.75, 3.05) is 28.2 Å². The van der Waals surface area contributed by atoms with E-state index < -0.39 is 119 Å². The minimum atomic E-state index is -1.60. The molecule has 0 aromatic heterocycles. The van der Waals surface area contributed by atoms with Crippen LogP contribution in [0.1, 0.15) is 159 Å². The Bertz CT molecular complexity index is 2490. The third-order valence-electron chi connectivity index (χ3n) is 14.1. The molecule has 0 bridgehead atoms. The molecule has 4 N–H and O–H groups in total. The summed E-state index contributed by atoms with van der Waals surface area (Å²) in [5.74, 6) is -7.99. The predicted octanol–water partition coefficient (Wildman–Crippen LogP) is 6.72. The van der Waals surface area contributed by atoms with Gasteiger partial charge in [0.05, 0.1) is 0 Å². The van der Waals surface area contributed by atoms with Crippen molar-refractivity contribution in [3.63, 3.8) is 0 Å². The molecule has 24 nitrogen and oxygen atoms in total. The number of hydrazine groups is 2. The van der Waals surface area contributed by atoms with Gasteiger partial charge < -0.3 is 48.0 Å². The smallest absolute Gasteiger partial charge is 0.422 e. The third-order valence-corrected chi connectivity index (χ3v) is 14.1. The van der Waals surface area contributed by atoms with E-state index >= 15 is 9.59 Å². The first-order valence-corrected chi connectivity index (χ1v) is 30.3. The van der Waals surface area contributed by atoms with Gasteiger partial charge in [0, 0.05) is 54.1 Å². The molecular formula is C64H100N8O16. The summed E-state index contributed by atoms with van der Waals surface area (Å²) in [5, 5.41) is 0. The van der Waals surface area contributed by atoms with Gasteiger partial charge in [0.2, 0.25) is 0 Å². The zero-order valence-electron chi connectivity index (χ0n) is 55.5. The standard InChI is InChI=1S/C64H100N8O16/c1-37(2)29-47-57(77)83-41(9)53(73)69(17)50(32-40(7)8)60(80)86-52(34-44-23-27-46(28-24-44)36-66-68-62(82)88-64(14,15)16)56(76)72(20)48(30-38(3)4)58(78)84-42(10)54(74)70(18)49(31-39(5)6)59(79)85-51(55(75)71(47)19)33-43-21-25-45(26-22-43)35-65-67-61(81)87-63(11,12)13/h21-28,37-42,47-52,65-66H,29-36H2,1-20H3,(H,67,81)(H,68,82)/t41-,42-,47+,48+,49+,50+,51-,52-/m1/s1. The summed E-state index contributed by atoms with van der Waals surface area (Å²) in [6.45, 7) is 28.0. The van der Waals surface area contributed by atoms with Gasteiger partial charge in [-0.25, -0.2) is 39.6 Å². The Morgan fingerprint density at radius 2 is 0.659 bits per heavy atom. The molecule has 24 heteroatoms. The number of rotatable bonds is 18. The van der Waals surface area contributed by atoms with Crippen LogP contribution in [0.25, 0.3) is 0 Å². The number of nitrogens with one attached hydrogen (secondary N) is 4. The molecule has 0 radical (unpaired) electrons. The molecule has 0 unspecified atom stereocenters. The molecule has 1 heterocycles. The molecule has 1 fully saturated rings. The van der Waals surface area contributed by atoms with Crippen LogP contribution in [-0.4, -0.2) is 167 Å². The van der Waals surface area contributed by atoms with Crippen molar-refractivity contribution < 1.29 is 76.4 Å². The van der Waals surface area contributed by atoms with Crippen molar-refractivity contribution >= 4 is 59.7 Å². The van der Waals surface area contributed by atoms with Gasteiger partial charge in [0.1, 0.15) is 35.4 Å². The monoisotopic (exact) mass is 1240 g/mol. The minimum Gasteiger partial charge on any atom is -0.451 e. The number of hydrogen-bond acceptors (Lipinski definition) is 18. The van der Waals surface area contributed by atoms with Gasteiger partial charge in [-0.1, -0.05) is 104 Å². The summed E-state index contributed by atoms with van der Waals surface area (Å²) >= 11 is 0. The molecule has 0 aliphatic carbocycles. The normalized spacial score (nSPS) is 22.4. The Hall–Kier alpha value is -7.34. The molecule has 1 saturated heterocycles. The van der Waals surface area contributed by atoms with Crippen LogP contribution in [0.4, 0.5) is 9.59 Å². The van der Waals surface area contributed by atoms with Crippen LogP contribution in [-0.2, 0) is 92.7 Å². The molecule has 2 aromatic rings. The van der Waals surface area contributed by atoms with Crippen molar-refractivity contribution in [2.24, 2.45) is 23.7 Å². The van der Waals surface area contributed by atoms with E-state index in [1.165, 1.54) is 42.0 Å². The molecule has 0 saturated carbocycles. The Morgan fingerprint density at radius 1 is 0.420 bits per heavy atom. The van der Waals surface area contributed by atoms with Crippen LogP contribution < -0.4 is 21.7 Å². The lowest BCUT2D eigenvalue weighted by Gasteiger charge is -2.35. The topological polar surface area (TPSA) is 287 Å². The number of ether oxygens (including phenoxy) is 6. The van der Waals surface area contributed by atoms with Gasteiger partial charge in [0.25, 0.3) is 23.6 Å². The van der Waals surface area contributed by atoms with Crippen molar-refractivity contribution in [1.82, 2.24) is 41.3 Å². The predicted molar refractivity (Wildman–Crippen MR) is 328 cm³/mol. The average Bonchev–Trinajstić information content (AvgIpc) is 3.51. The molecular weight excluding hydrogens is 1140 g/mol. The van der Waals surface area contributed by atoms with Crippen molar-refractivity contribution in [3.8, 4) is 0 Å². The van der Waals surface area contributed by atoms with E-state index in [1.54, 1.807) is 90.1 Å². The molecule has 2 aromatic carbocycles. The van der Waals surface area contributed by atoms with Gasteiger partial charge in [0.15, 0.2) is 24.4 Å². The van der Waals surface area contributed by atoms with Gasteiger partial charge >= 0.3 is 36.1 Å². The summed E-state index contributed by atoms with van der Waals surface area (Å²) < 4.78 is 34.7. The van der Waals surface area contributed by atoms with Crippen LogP contribution in [0.5, 0.6) is 0 Å². The van der Waals surface area contributed by atoms with Crippen LogP contribution in [0.15, 0.2) is 48.5 Å². The second-order valence-electron chi connectivity index (χ2n) is 26.4. The lowest BCUT2D eigenvalue weighted by molar-refractivity contribution is -0.176. The number of carbonyl (C=O) groups excluding carboxylic acids is 10. The average molecular weight is 1240 g/mol. The van der Waals surface area contributed by atoms with E-state index in [0.717, 1.165) is 30.7 Å². The highest BCUT2D eigenvalue weighted by molar-refractivity contribution is 5.94. The van der Waals surface area contributed by atoms with Crippen LogP contribution in [0, 0.1) is 23.7 Å². The first kappa shape index (κ1) is 74.9. The van der Waals surface area contributed by atoms with Gasteiger partial charge in [-0.3, -0.25) is 30.0 Å². The second kappa shape index (κ2) is 33.9. The maximum absolute atomic E-state index is 15.0. The molecule has 1 aliphatic heterocycles. The van der Waals surface area contributed by atoms with E-state index in [0.29, 0.717) is 11.1 Å². The van der Waals surface area contributed by atoms with Crippen LogP contribution in [0.2, 0.25) is 0 Å². The van der Waals surface area contributed by atoms with Crippen LogP contribution in [0.3, 0.4) is 0 Å². The molecule has 8 atom stereocenters. The van der Waals surface area contributed by atoms with E-state index in [1.807, 2.05) is 55.4 Å². The molecule has 1 aliphatic rings. The number of carbonyl (C=O) groups is 10. The van der Waals surface area contributed by atoms with Crippen molar-refractivity contribution in [2.45, 2.75) is 222 Å². The van der Waals surface area contributed by atoms with Gasteiger partial charge in [-0.2, -0.15) is 0 Å². The summed E-state index contributed by atoms with van der Waals surface area (Å²) in [4.78, 5) is 147. The highest BCUT2D eigenvalue weighted by Gasteiger charge is 2.43. The Morgan fingerprint density at radius 3 is 0.909 bits per heavy atom. The minimum absolute atomic E-state index is 0.0381. The molecule has 3 rings (SSSR count). The zero-order valence-corrected chi connectivity index (χ0v) is 55.5. The summed E-state index contributed by atoms with van der Waals surface area (Å²) in [5.41, 5.74) is 11.6. The maximum atomic E-state index is 15.0. The number of amides is 6. The van der Waals surface area contributed by atoms with Crippen LogP contribution >= 0.6 is 0 Å². The van der Waals surface area contributed by atoms with E-state index in [-0.39, 0.29) is 75.3 Å². The SMILES string of the molecule is CC(C)C[C@H]1C(=O)O[C@H](Cc2ccc(CNNC(=O)OC(C)(C)C)cc2)C(=O)N(C)[C@@H](CC(C)C)C(=O)O[C@H](C)C(=O)N(C)[C@@H](CC(C)C)C(=O)O[C@H](Cc2ccc(CNNC(=O)OC(C)(C)C)cc2)C(=O)N(C)[C@@H](CC(C)C)C(=O)O[C@H](C)C(=O)N1C. The fourth-order valence-electron chi connectivity index (χ4n) is 9.54. The van der Waals surface area contributed by atoms with Crippen molar-refractivity contribution in [3.05, 3.63) is 70.8 Å². The van der Waals surface area contributed by atoms with E-state index in [4.69, 9.17) is 28.4 Å². The number of benzene rings is 2. The number of cyclic esters (lactones) is 4. The van der Waals surface area contributed by atoms with Crippen molar-refractivity contribution in [1.29, 1.82) is 0 Å². The second-order valence-corrected chi connectivity index (χ2v) is 26.4. The summed E-state index contributed by atoms with van der Waals surface area (Å²) in [6, 6.07) is 8.41. The number of likely N-dealkylation sites (N-methyl/N-ethyl adjacent to an activating group) is 4. The summed E-state index contributed by atoms with van der Waals surface area (Å²) in [6.07, 6.45) is -7.88. The van der Waals surface area contributed by atoms with E-state index in [2.05, 4.69) is 21.7 Å². The molecule has 0 spiro atoms. The lowest BCUT2D eigenvalue weighted by Crippen LogP contribution is -2.55. The third kappa shape index (κ3) is 24.7. The maximum Gasteiger partial charge on any atom is 0.422 e. The fourth-order valence-corrected chi connectivity index (χ4v) is 9.54. The highest BCUT2D eigenvalue weighted by atomic mass is 16.6. The summed E-state index contributed by atoms with van der Waals surface area (Å²) in [7, 11) is 5.42. The van der Waals surface area contributed by atoms with E-state index in [9.17, 15) is 38.4 Å². The first-order valence-electron chi connectivity index (χ1n) is 30.3. The largest absolute Gasteiger partial charge is 0.451 e. The Labute approximate surface area is 520 Å². The lowest BCUT2D eigenvalue weighted by atomic mass is 9.99. The number of hydrogen-bond donors (Lipinski definition) is 4.